The molecule has 1 aliphatic heterocycles. The van der Waals surface area contributed by atoms with E-state index in [2.05, 4.69) is 10.3 Å². The number of aliphatic hydroxyl groups excluding tert-OH is 1. The number of aromatic nitrogens is 1. The van der Waals surface area contributed by atoms with Crippen LogP contribution in [0.5, 0.6) is 5.88 Å². The summed E-state index contributed by atoms with van der Waals surface area (Å²) in [6.45, 7) is 0.146. The van der Waals surface area contributed by atoms with E-state index in [0.29, 0.717) is 36.1 Å². The number of fused-ring (bicyclic) bond motifs is 2. The molecule has 2 aliphatic rings. The van der Waals surface area contributed by atoms with Crippen LogP contribution in [0.1, 0.15) is 35.2 Å². The Kier molecular flexibility index (Phi) is 5.04. The number of nitrogens with zero attached hydrogens (tertiary/aromatic N) is 1. The average molecular weight is 404 g/mol. The lowest BCUT2D eigenvalue weighted by Gasteiger charge is -2.23. The van der Waals surface area contributed by atoms with Gasteiger partial charge in [-0.15, -0.1) is 0 Å². The number of alkyl halides is 3. The molecule has 1 atom stereocenters. The number of halogens is 3. The Morgan fingerprint density at radius 1 is 1.24 bits per heavy atom. The zero-order chi connectivity index (χ0) is 20.6. The number of nitrogens with one attached hydrogen (secondary N) is 1. The Hall–Kier alpha value is -2.87. The van der Waals surface area contributed by atoms with Crippen molar-refractivity contribution in [3.8, 4) is 5.88 Å². The Morgan fingerprint density at radius 3 is 2.86 bits per heavy atom. The third-order valence-corrected chi connectivity index (χ3v) is 5.13. The van der Waals surface area contributed by atoms with Gasteiger partial charge in [0.1, 0.15) is 5.69 Å². The van der Waals surface area contributed by atoms with Crippen molar-refractivity contribution in [3.05, 3.63) is 58.8 Å². The molecule has 0 bridgehead atoms. The first kappa shape index (κ1) is 19.4. The van der Waals surface area contributed by atoms with Crippen LogP contribution >= 0.6 is 0 Å². The van der Waals surface area contributed by atoms with Crippen molar-refractivity contribution in [2.75, 3.05) is 11.9 Å². The number of pyridine rings is 1. The van der Waals surface area contributed by atoms with Gasteiger partial charge in [-0.25, -0.2) is 4.98 Å². The van der Waals surface area contributed by atoms with Gasteiger partial charge in [-0.3, -0.25) is 4.79 Å². The van der Waals surface area contributed by atoms with Gasteiger partial charge in [-0.1, -0.05) is 12.1 Å². The quantitative estimate of drug-likeness (QED) is 0.748. The molecule has 0 saturated carbocycles. The highest BCUT2D eigenvalue weighted by Gasteiger charge is 2.34. The molecule has 152 valence electrons. The molecule has 2 aromatic rings. The summed E-state index contributed by atoms with van der Waals surface area (Å²) < 4.78 is 43.8. The van der Waals surface area contributed by atoms with Gasteiger partial charge in [0.25, 0.3) is 0 Å². The van der Waals surface area contributed by atoms with E-state index < -0.39 is 18.0 Å². The van der Waals surface area contributed by atoms with Crippen LogP contribution in [0.3, 0.4) is 0 Å². The molecule has 5 nitrogen and oxygen atoms in total. The first-order valence-corrected chi connectivity index (χ1v) is 9.33. The minimum Gasteiger partial charge on any atom is -0.477 e. The van der Waals surface area contributed by atoms with E-state index in [1.54, 1.807) is 6.07 Å². The maximum Gasteiger partial charge on any atom is 0.433 e. The summed E-state index contributed by atoms with van der Waals surface area (Å²) in [6, 6.07) is 7.78. The zero-order valence-corrected chi connectivity index (χ0v) is 15.4. The van der Waals surface area contributed by atoms with Crippen LogP contribution in [0.15, 0.2) is 36.4 Å². The van der Waals surface area contributed by atoms with Gasteiger partial charge in [0.15, 0.2) is 0 Å². The highest BCUT2D eigenvalue weighted by Crippen LogP contribution is 2.36. The molecule has 8 heteroatoms. The molecular weight excluding hydrogens is 385 g/mol. The van der Waals surface area contributed by atoms with E-state index in [9.17, 15) is 23.1 Å². The van der Waals surface area contributed by atoms with Crippen molar-refractivity contribution < 1.29 is 27.8 Å². The predicted molar refractivity (Wildman–Crippen MR) is 100 cm³/mol. The number of carbonyl (C=O) groups is 1. The number of aliphatic hydroxyl groups is 1. The van der Waals surface area contributed by atoms with E-state index in [4.69, 9.17) is 4.74 Å². The number of ether oxygens (including phenoxy) is 1. The summed E-state index contributed by atoms with van der Waals surface area (Å²) >= 11 is 0. The number of anilines is 1. The van der Waals surface area contributed by atoms with E-state index in [1.807, 2.05) is 12.1 Å². The number of aryl methyl sites for hydroxylation is 1. The minimum absolute atomic E-state index is 0.120. The summed E-state index contributed by atoms with van der Waals surface area (Å²) in [5.74, 6) is -0.508. The van der Waals surface area contributed by atoms with Crippen molar-refractivity contribution in [2.24, 2.45) is 0 Å². The standard InChI is InChI=1S/C21H19F3N2O3/c22-21(23,24)18-7-6-15-13(8-9-29-20(15)26-18)10-19(28)25-17-3-1-2-12-4-5-14(27)11-16(12)17/h1-3,6-7,10,14,27H,4-5,8-9,11H2,(H,25,28)/b13-10+. The van der Waals surface area contributed by atoms with Crippen LogP contribution in [0.2, 0.25) is 0 Å². The monoisotopic (exact) mass is 404 g/mol. The summed E-state index contributed by atoms with van der Waals surface area (Å²) in [6.07, 6.45) is -1.32. The molecule has 1 aromatic heterocycles. The molecule has 1 amide bonds. The largest absolute Gasteiger partial charge is 0.477 e. The highest BCUT2D eigenvalue weighted by molar-refractivity contribution is 6.04. The molecule has 0 fully saturated rings. The molecule has 2 N–H and O–H groups in total. The maximum atomic E-state index is 12.9. The molecular formula is C21H19F3N2O3. The van der Waals surface area contributed by atoms with Crippen molar-refractivity contribution in [1.82, 2.24) is 4.98 Å². The third kappa shape index (κ3) is 4.12. The van der Waals surface area contributed by atoms with Crippen LogP contribution in [-0.4, -0.2) is 28.7 Å². The summed E-state index contributed by atoms with van der Waals surface area (Å²) in [4.78, 5) is 16.1. The number of carbonyl (C=O) groups excluding carboxylic acids is 1. The summed E-state index contributed by atoms with van der Waals surface area (Å²) in [7, 11) is 0. The number of hydrogen-bond acceptors (Lipinski definition) is 4. The van der Waals surface area contributed by atoms with Gasteiger partial charge in [0, 0.05) is 30.2 Å². The zero-order valence-electron chi connectivity index (χ0n) is 15.4. The van der Waals surface area contributed by atoms with Crippen LogP contribution < -0.4 is 10.1 Å². The SMILES string of the molecule is O=C(/C=C1\CCOc2nc(C(F)(F)F)ccc21)Nc1cccc2c1CC(O)CC2. The number of hydrogen-bond donors (Lipinski definition) is 2. The van der Waals surface area contributed by atoms with Gasteiger partial charge in [0.2, 0.25) is 11.8 Å². The molecule has 0 radical (unpaired) electrons. The molecule has 1 aromatic carbocycles. The molecule has 29 heavy (non-hydrogen) atoms. The highest BCUT2D eigenvalue weighted by atomic mass is 19.4. The second kappa shape index (κ2) is 7.51. The van der Waals surface area contributed by atoms with Gasteiger partial charge >= 0.3 is 6.18 Å². The summed E-state index contributed by atoms with van der Waals surface area (Å²) in [5, 5.41) is 12.8. The van der Waals surface area contributed by atoms with Crippen molar-refractivity contribution in [3.63, 3.8) is 0 Å². The normalized spacial score (nSPS) is 19.9. The topological polar surface area (TPSA) is 71.5 Å². The molecule has 0 saturated heterocycles. The Morgan fingerprint density at radius 2 is 2.07 bits per heavy atom. The molecule has 1 aliphatic carbocycles. The molecule has 0 spiro atoms. The van der Waals surface area contributed by atoms with Gasteiger partial charge in [-0.05, 0) is 47.7 Å². The van der Waals surface area contributed by atoms with Crippen molar-refractivity contribution in [2.45, 2.75) is 38.0 Å². The molecule has 4 rings (SSSR count). The van der Waals surface area contributed by atoms with Crippen LogP contribution in [-0.2, 0) is 23.8 Å². The predicted octanol–water partition coefficient (Wildman–Crippen LogP) is 3.75. The van der Waals surface area contributed by atoms with E-state index in [-0.39, 0.29) is 18.4 Å². The smallest absolute Gasteiger partial charge is 0.433 e. The van der Waals surface area contributed by atoms with Crippen LogP contribution in [0.25, 0.3) is 5.57 Å². The Bertz CT molecular complexity index is 986. The molecule has 1 unspecified atom stereocenters. The van der Waals surface area contributed by atoms with Gasteiger partial charge in [0.05, 0.1) is 12.7 Å². The van der Waals surface area contributed by atoms with E-state index >= 15 is 0 Å². The third-order valence-electron chi connectivity index (χ3n) is 5.13. The second-order valence-electron chi connectivity index (χ2n) is 7.14. The lowest BCUT2D eigenvalue weighted by atomic mass is 9.88. The van der Waals surface area contributed by atoms with E-state index in [1.165, 1.54) is 12.1 Å². The number of amides is 1. The summed E-state index contributed by atoms with van der Waals surface area (Å²) in [5.41, 5.74) is 2.57. The first-order chi connectivity index (χ1) is 13.8. The van der Waals surface area contributed by atoms with Gasteiger partial charge < -0.3 is 15.2 Å². The number of rotatable bonds is 2. The van der Waals surface area contributed by atoms with Crippen LogP contribution in [0, 0.1) is 0 Å². The first-order valence-electron chi connectivity index (χ1n) is 9.33. The van der Waals surface area contributed by atoms with E-state index in [0.717, 1.165) is 23.6 Å². The fraction of sp³-hybridized carbons (Fsp3) is 0.333. The lowest BCUT2D eigenvalue weighted by molar-refractivity contribution is -0.141. The minimum atomic E-state index is -4.56. The van der Waals surface area contributed by atoms with Gasteiger partial charge in [-0.2, -0.15) is 13.2 Å². The average Bonchev–Trinajstić information content (AvgIpc) is 2.67. The second-order valence-corrected chi connectivity index (χ2v) is 7.14. The maximum absolute atomic E-state index is 12.9. The Balaban J connectivity index is 1.58. The fourth-order valence-electron chi connectivity index (χ4n) is 3.71. The fourth-order valence-corrected chi connectivity index (χ4v) is 3.71. The van der Waals surface area contributed by atoms with Crippen molar-refractivity contribution in [1.29, 1.82) is 0 Å². The lowest BCUT2D eigenvalue weighted by Crippen LogP contribution is -2.21. The number of benzene rings is 1. The van der Waals surface area contributed by atoms with Crippen LogP contribution in [0.4, 0.5) is 18.9 Å². The molecule has 2 heterocycles. The van der Waals surface area contributed by atoms with Crippen molar-refractivity contribution >= 4 is 17.2 Å². The Labute approximate surface area is 165 Å².